The first kappa shape index (κ1) is 35.3. The molecule has 2 fully saturated rings. The molecule has 0 aliphatic carbocycles. The van der Waals surface area contributed by atoms with Gasteiger partial charge in [-0.05, 0) is 56.8 Å². The number of rotatable bonds is 11. The first-order valence-electron chi connectivity index (χ1n) is 17.5. The van der Waals surface area contributed by atoms with Gasteiger partial charge in [0.05, 0.1) is 0 Å². The van der Waals surface area contributed by atoms with Gasteiger partial charge in [-0.2, -0.15) is 15.0 Å². The van der Waals surface area contributed by atoms with Crippen molar-refractivity contribution in [3.63, 3.8) is 0 Å². The van der Waals surface area contributed by atoms with E-state index in [4.69, 9.17) is 15.0 Å². The third-order valence-corrected chi connectivity index (χ3v) is 9.70. The van der Waals surface area contributed by atoms with Crippen molar-refractivity contribution in [2.24, 2.45) is 0 Å². The van der Waals surface area contributed by atoms with Crippen LogP contribution in [0.5, 0.6) is 0 Å². The van der Waals surface area contributed by atoms with E-state index in [9.17, 15) is 0 Å². The van der Waals surface area contributed by atoms with Crippen LogP contribution in [-0.2, 0) is 6.42 Å². The quantitative estimate of drug-likeness (QED) is 0.402. The maximum atomic E-state index is 4.84. The van der Waals surface area contributed by atoms with Gasteiger partial charge >= 0.3 is 0 Å². The van der Waals surface area contributed by atoms with Crippen molar-refractivity contribution in [2.45, 2.75) is 47.1 Å². The molecule has 0 bridgehead atoms. The van der Waals surface area contributed by atoms with E-state index in [1.807, 2.05) is 19.0 Å². The van der Waals surface area contributed by atoms with Crippen LogP contribution in [0, 0.1) is 0 Å². The normalized spacial score (nSPS) is 21.0. The van der Waals surface area contributed by atoms with Gasteiger partial charge in [-0.25, -0.2) is 0 Å². The Balaban J connectivity index is 1.47. The molecule has 1 aromatic heterocycles. The minimum Gasteiger partial charge on any atom is -0.347 e. The highest BCUT2D eigenvalue weighted by atomic mass is 15.4. The van der Waals surface area contributed by atoms with Crippen molar-refractivity contribution in [3.8, 4) is 0 Å². The summed E-state index contributed by atoms with van der Waals surface area (Å²) in [4.78, 5) is 31.6. The van der Waals surface area contributed by atoms with Gasteiger partial charge in [0, 0.05) is 97.8 Å². The SMILES string of the molecule is CCN1CCN(CC)CCN(CC)C(Cc2ccc(Nc3nc(N(C)C)nc(N4CCN(CC)CC4)n3)cc2)CN(CC)CC1. The number of hydrogen-bond acceptors (Lipinski definition) is 11. The van der Waals surface area contributed by atoms with E-state index in [0.29, 0.717) is 17.9 Å². The Morgan fingerprint density at radius 2 is 1.18 bits per heavy atom. The number of nitrogens with one attached hydrogen (secondary N) is 1. The van der Waals surface area contributed by atoms with E-state index >= 15 is 0 Å². The molecular weight excluding hydrogens is 562 g/mol. The Labute approximate surface area is 273 Å². The monoisotopic (exact) mass is 624 g/mol. The average molecular weight is 624 g/mol. The molecule has 252 valence electrons. The standard InChI is InChI=1S/C34H61N11/c1-8-40-17-18-41(9-2)21-24-44(12-5)31(28-43(11-4)20-19-40)27-29-13-15-30(16-14-29)35-32-36-33(39(6)7)38-34(37-32)45-25-22-42(10-3)23-26-45/h13-16,31H,8-12,17-28H2,1-7H3,(H,35,36,37,38). The van der Waals surface area contributed by atoms with Gasteiger partial charge in [-0.1, -0.05) is 46.8 Å². The molecule has 0 radical (unpaired) electrons. The first-order valence-corrected chi connectivity index (χ1v) is 17.5. The molecule has 0 saturated carbocycles. The predicted molar refractivity (Wildman–Crippen MR) is 189 cm³/mol. The molecule has 45 heavy (non-hydrogen) atoms. The van der Waals surface area contributed by atoms with Gasteiger partial charge in [-0.15, -0.1) is 0 Å². The van der Waals surface area contributed by atoms with E-state index in [1.54, 1.807) is 0 Å². The Hall–Kier alpha value is -2.57. The van der Waals surface area contributed by atoms with E-state index in [-0.39, 0.29) is 0 Å². The molecular formula is C34H61N11. The van der Waals surface area contributed by atoms with Crippen LogP contribution in [0.1, 0.15) is 40.2 Å². The van der Waals surface area contributed by atoms with Crippen molar-refractivity contribution < 1.29 is 0 Å². The zero-order chi connectivity index (χ0) is 32.2. The highest BCUT2D eigenvalue weighted by Crippen LogP contribution is 2.21. The number of anilines is 4. The summed E-state index contributed by atoms with van der Waals surface area (Å²) >= 11 is 0. The smallest absolute Gasteiger partial charge is 0.233 e. The van der Waals surface area contributed by atoms with Crippen molar-refractivity contribution in [3.05, 3.63) is 29.8 Å². The molecule has 0 spiro atoms. The van der Waals surface area contributed by atoms with Gasteiger partial charge in [0.25, 0.3) is 0 Å². The minimum absolute atomic E-state index is 0.476. The van der Waals surface area contributed by atoms with Gasteiger partial charge < -0.3 is 34.7 Å². The average Bonchev–Trinajstić information content (AvgIpc) is 3.06. The fraction of sp³-hybridized carbons (Fsp3) is 0.735. The van der Waals surface area contributed by atoms with Crippen LogP contribution < -0.4 is 15.1 Å². The van der Waals surface area contributed by atoms with Crippen LogP contribution in [0.15, 0.2) is 24.3 Å². The molecule has 3 heterocycles. The Morgan fingerprint density at radius 1 is 0.644 bits per heavy atom. The molecule has 11 heteroatoms. The second-order valence-electron chi connectivity index (χ2n) is 12.6. The Morgan fingerprint density at radius 3 is 1.71 bits per heavy atom. The van der Waals surface area contributed by atoms with Crippen molar-refractivity contribution in [1.82, 2.24) is 39.5 Å². The zero-order valence-electron chi connectivity index (χ0n) is 29.4. The van der Waals surface area contributed by atoms with E-state index < -0.39 is 0 Å². The summed E-state index contributed by atoms with van der Waals surface area (Å²) in [6.45, 7) is 28.8. The molecule has 11 nitrogen and oxygen atoms in total. The number of benzene rings is 1. The molecule has 0 amide bonds. The van der Waals surface area contributed by atoms with Gasteiger partial charge in [0.1, 0.15) is 0 Å². The van der Waals surface area contributed by atoms with Crippen molar-refractivity contribution >= 4 is 23.5 Å². The summed E-state index contributed by atoms with van der Waals surface area (Å²) < 4.78 is 0. The second-order valence-corrected chi connectivity index (χ2v) is 12.6. The van der Waals surface area contributed by atoms with Crippen LogP contribution in [0.25, 0.3) is 0 Å². The molecule has 2 saturated heterocycles. The number of aromatic nitrogens is 3. The third-order valence-electron chi connectivity index (χ3n) is 9.70. The largest absolute Gasteiger partial charge is 0.347 e. The summed E-state index contributed by atoms with van der Waals surface area (Å²) in [7, 11) is 3.96. The minimum atomic E-state index is 0.476. The van der Waals surface area contributed by atoms with Crippen molar-refractivity contribution in [2.75, 3.05) is 134 Å². The summed E-state index contributed by atoms with van der Waals surface area (Å²) in [6, 6.07) is 9.38. The van der Waals surface area contributed by atoms with E-state index in [0.717, 1.165) is 123 Å². The van der Waals surface area contributed by atoms with E-state index in [2.05, 4.69) is 93.6 Å². The Kier molecular flexibility index (Phi) is 14.1. The fourth-order valence-electron chi connectivity index (χ4n) is 6.42. The lowest BCUT2D eigenvalue weighted by Crippen LogP contribution is -2.50. The summed E-state index contributed by atoms with van der Waals surface area (Å²) in [5.74, 6) is 2.00. The molecule has 1 atom stereocenters. The molecule has 4 rings (SSSR count). The zero-order valence-corrected chi connectivity index (χ0v) is 29.4. The van der Waals surface area contributed by atoms with Gasteiger partial charge in [0.2, 0.25) is 17.8 Å². The van der Waals surface area contributed by atoms with Crippen LogP contribution in [0.2, 0.25) is 0 Å². The first-order chi connectivity index (χ1) is 21.8. The fourth-order valence-corrected chi connectivity index (χ4v) is 6.42. The summed E-state index contributed by atoms with van der Waals surface area (Å²) in [5.41, 5.74) is 2.37. The van der Waals surface area contributed by atoms with Crippen LogP contribution in [0.3, 0.4) is 0 Å². The Bertz CT molecular complexity index is 1120. The highest BCUT2D eigenvalue weighted by Gasteiger charge is 2.23. The summed E-state index contributed by atoms with van der Waals surface area (Å²) in [6.07, 6.45) is 1.04. The van der Waals surface area contributed by atoms with Gasteiger partial charge in [-0.3, -0.25) is 4.90 Å². The predicted octanol–water partition coefficient (Wildman–Crippen LogP) is 3.04. The highest BCUT2D eigenvalue weighted by molar-refractivity contribution is 5.56. The van der Waals surface area contributed by atoms with Crippen LogP contribution in [-0.4, -0.2) is 164 Å². The third kappa shape index (κ3) is 10.5. The molecule has 1 unspecified atom stereocenters. The van der Waals surface area contributed by atoms with Crippen LogP contribution >= 0.6 is 0 Å². The number of likely N-dealkylation sites (N-methyl/N-ethyl adjacent to an activating group) is 5. The topological polar surface area (TPSA) is 73.4 Å². The molecule has 1 aromatic carbocycles. The molecule has 2 aliphatic heterocycles. The van der Waals surface area contributed by atoms with Gasteiger partial charge in [0.15, 0.2) is 0 Å². The molecule has 2 aliphatic rings. The number of nitrogens with zero attached hydrogens (tertiary/aromatic N) is 10. The van der Waals surface area contributed by atoms with Crippen LogP contribution in [0.4, 0.5) is 23.5 Å². The maximum absolute atomic E-state index is 4.84. The lowest BCUT2D eigenvalue weighted by atomic mass is 10.0. The van der Waals surface area contributed by atoms with E-state index in [1.165, 1.54) is 5.56 Å². The maximum Gasteiger partial charge on any atom is 0.233 e. The second kappa shape index (κ2) is 17.9. The molecule has 2 aromatic rings. The lowest BCUT2D eigenvalue weighted by molar-refractivity contribution is 0.105. The number of hydrogen-bond donors (Lipinski definition) is 1. The lowest BCUT2D eigenvalue weighted by Gasteiger charge is -2.38. The summed E-state index contributed by atoms with van der Waals surface area (Å²) in [5, 5.41) is 3.48. The molecule has 1 N–H and O–H groups in total. The number of piperazine rings is 1. The van der Waals surface area contributed by atoms with Crippen molar-refractivity contribution in [1.29, 1.82) is 0 Å².